The van der Waals surface area contributed by atoms with Crippen molar-refractivity contribution in [3.63, 3.8) is 0 Å². The number of urea groups is 1. The van der Waals surface area contributed by atoms with Crippen molar-refractivity contribution in [3.8, 4) is 0 Å². The van der Waals surface area contributed by atoms with E-state index in [0.717, 1.165) is 57.1 Å². The fourth-order valence-electron chi connectivity index (χ4n) is 9.18. The molecule has 5 atom stereocenters. The standard InChI is InChI=1S/C54H101N4O12PS/c1-3-5-7-9-11-13-15-17-19-21-23-25-27-29-31-37-50(60)67-43-46(70-51(61)38-32-30-28-26-24-22-20-18-16-14-12-10-8-6-4-2)44-69-71(64,65)68-42-40-56-54(63)66-41-39-55-49(59)36-34-33-35-48-52-47(45-72-48)57-53(62)58-52/h46-48,52H,3-45H2,1-2H3,(H,55,59)(H,56,63)(H,64,65)(H2,57,58,62)/t46?,47-,48-,52-/m0/s1. The summed E-state index contributed by atoms with van der Waals surface area (Å²) < 4.78 is 39.0. The predicted molar refractivity (Wildman–Crippen MR) is 288 cm³/mol. The van der Waals surface area contributed by atoms with Gasteiger partial charge in [-0.3, -0.25) is 23.4 Å². The van der Waals surface area contributed by atoms with Crippen LogP contribution < -0.4 is 21.3 Å². The van der Waals surface area contributed by atoms with Crippen LogP contribution >= 0.6 is 19.6 Å². The number of carbonyl (C=O) groups excluding carboxylic acids is 5. The van der Waals surface area contributed by atoms with Crippen molar-refractivity contribution in [3.05, 3.63) is 0 Å². The molecule has 2 heterocycles. The smallest absolute Gasteiger partial charge is 0.462 e. The van der Waals surface area contributed by atoms with E-state index < -0.39 is 38.6 Å². The molecule has 5 N–H and O–H groups in total. The predicted octanol–water partition coefficient (Wildman–Crippen LogP) is 12.7. The summed E-state index contributed by atoms with van der Waals surface area (Å²) in [5, 5.41) is 11.4. The third-order valence-corrected chi connectivity index (χ3v) is 16.0. The summed E-state index contributed by atoms with van der Waals surface area (Å²) in [6.07, 6.45) is 37.8. The molecule has 0 radical (unpaired) electrons. The number of thioether (sulfide) groups is 1. The van der Waals surface area contributed by atoms with E-state index in [1.807, 2.05) is 11.8 Å². The lowest BCUT2D eigenvalue weighted by molar-refractivity contribution is -0.161. The maximum Gasteiger partial charge on any atom is 0.472 e. The quantitative estimate of drug-likeness (QED) is 0.0126. The molecule has 18 heteroatoms. The highest BCUT2D eigenvalue weighted by Crippen LogP contribution is 2.43. The molecule has 0 saturated carbocycles. The Hall–Kier alpha value is -2.59. The highest BCUT2D eigenvalue weighted by atomic mass is 32.2. The van der Waals surface area contributed by atoms with Crippen LogP contribution in [-0.2, 0) is 42.2 Å². The molecule has 0 aromatic rings. The molecule has 72 heavy (non-hydrogen) atoms. The van der Waals surface area contributed by atoms with E-state index in [2.05, 4.69) is 35.1 Å². The largest absolute Gasteiger partial charge is 0.472 e. The number of nitrogens with one attached hydrogen (secondary N) is 4. The number of esters is 2. The Bertz CT molecular complexity index is 1470. The number of rotatable bonds is 50. The number of alkyl carbamates (subject to hydrolysis) is 1. The Balaban J connectivity index is 1.61. The summed E-state index contributed by atoms with van der Waals surface area (Å²) in [6, 6.07) is 0.207. The first kappa shape index (κ1) is 65.5. The zero-order valence-electron chi connectivity index (χ0n) is 45.0. The van der Waals surface area contributed by atoms with Gasteiger partial charge in [0.15, 0.2) is 6.10 Å². The molecule has 0 bridgehead atoms. The Morgan fingerprint density at radius 2 is 1.06 bits per heavy atom. The minimum absolute atomic E-state index is 0.0713. The summed E-state index contributed by atoms with van der Waals surface area (Å²) in [6.45, 7) is 3.14. The van der Waals surface area contributed by atoms with E-state index in [4.69, 9.17) is 23.3 Å². The molecule has 4 amide bonds. The van der Waals surface area contributed by atoms with Gasteiger partial charge in [-0.2, -0.15) is 11.8 Å². The molecule has 2 unspecified atom stereocenters. The van der Waals surface area contributed by atoms with E-state index in [1.165, 1.54) is 141 Å². The first-order chi connectivity index (χ1) is 35.0. The van der Waals surface area contributed by atoms with Crippen LogP contribution in [-0.4, -0.2) is 104 Å². The van der Waals surface area contributed by atoms with Gasteiger partial charge in [-0.15, -0.1) is 0 Å². The summed E-state index contributed by atoms with van der Waals surface area (Å²) in [5.41, 5.74) is 0. The van der Waals surface area contributed by atoms with Crippen LogP contribution in [0, 0.1) is 0 Å². The molecule has 2 saturated heterocycles. The van der Waals surface area contributed by atoms with Crippen molar-refractivity contribution in [2.24, 2.45) is 0 Å². The molecular weight excluding hydrogens is 960 g/mol. The number of amides is 4. The molecule has 0 spiro atoms. The molecule has 0 aromatic heterocycles. The van der Waals surface area contributed by atoms with Gasteiger partial charge >= 0.3 is 31.9 Å². The fraction of sp³-hybridized carbons (Fsp3) is 0.907. The summed E-state index contributed by atoms with van der Waals surface area (Å²) >= 11 is 1.84. The van der Waals surface area contributed by atoms with Crippen molar-refractivity contribution < 1.29 is 56.7 Å². The minimum atomic E-state index is -4.65. The van der Waals surface area contributed by atoms with E-state index in [0.29, 0.717) is 30.9 Å². The van der Waals surface area contributed by atoms with Gasteiger partial charge in [0.2, 0.25) is 5.91 Å². The van der Waals surface area contributed by atoms with Gasteiger partial charge in [-0.25, -0.2) is 14.2 Å². The van der Waals surface area contributed by atoms with Crippen LogP contribution in [0.2, 0.25) is 0 Å². The number of fused-ring (bicyclic) bond motifs is 1. The van der Waals surface area contributed by atoms with Crippen LogP contribution in [0.25, 0.3) is 0 Å². The van der Waals surface area contributed by atoms with Gasteiger partial charge in [-0.1, -0.05) is 200 Å². The number of hydrogen-bond acceptors (Lipinski definition) is 12. The van der Waals surface area contributed by atoms with Crippen LogP contribution in [0.5, 0.6) is 0 Å². The first-order valence-electron chi connectivity index (χ1n) is 28.9. The molecule has 2 aliphatic heterocycles. The maximum absolute atomic E-state index is 12.9. The van der Waals surface area contributed by atoms with Gasteiger partial charge in [0.05, 0.1) is 31.8 Å². The van der Waals surface area contributed by atoms with Crippen LogP contribution in [0.4, 0.5) is 9.59 Å². The van der Waals surface area contributed by atoms with Crippen molar-refractivity contribution >= 4 is 49.6 Å². The van der Waals surface area contributed by atoms with Crippen LogP contribution in [0.3, 0.4) is 0 Å². The summed E-state index contributed by atoms with van der Waals surface area (Å²) in [5.74, 6) is -0.184. The number of hydrogen-bond donors (Lipinski definition) is 5. The minimum Gasteiger partial charge on any atom is -0.462 e. The lowest BCUT2D eigenvalue weighted by atomic mass is 10.0. The van der Waals surface area contributed by atoms with Crippen LogP contribution in [0.1, 0.15) is 245 Å². The molecule has 0 aliphatic carbocycles. The number of ether oxygens (including phenoxy) is 3. The molecule has 420 valence electrons. The van der Waals surface area contributed by atoms with Crippen molar-refractivity contribution in [1.29, 1.82) is 0 Å². The highest BCUT2D eigenvalue weighted by molar-refractivity contribution is 8.00. The second-order valence-corrected chi connectivity index (χ2v) is 22.8. The maximum atomic E-state index is 12.9. The number of phosphoric ester groups is 1. The van der Waals surface area contributed by atoms with Gasteiger partial charge in [-0.05, 0) is 25.7 Å². The van der Waals surface area contributed by atoms with E-state index in [1.54, 1.807) is 0 Å². The zero-order valence-corrected chi connectivity index (χ0v) is 46.7. The molecular formula is C54H101N4O12PS. The molecule has 2 aliphatic rings. The zero-order chi connectivity index (χ0) is 52.2. The highest BCUT2D eigenvalue weighted by Gasteiger charge is 2.42. The number of carbonyl (C=O) groups is 5. The van der Waals surface area contributed by atoms with Gasteiger partial charge in [0.25, 0.3) is 0 Å². The van der Waals surface area contributed by atoms with E-state index in [9.17, 15) is 33.4 Å². The lowest BCUT2D eigenvalue weighted by Gasteiger charge is -2.20. The second kappa shape index (κ2) is 44.7. The topological polar surface area (TPSA) is 217 Å². The third kappa shape index (κ3) is 37.2. The fourth-order valence-corrected chi connectivity index (χ4v) is 11.5. The Kier molecular flexibility index (Phi) is 40.7. The Labute approximate surface area is 439 Å². The molecule has 16 nitrogen and oxygen atoms in total. The Morgan fingerprint density at radius 3 is 1.58 bits per heavy atom. The van der Waals surface area contributed by atoms with Crippen LogP contribution in [0.15, 0.2) is 0 Å². The second-order valence-electron chi connectivity index (χ2n) is 20.1. The molecule has 2 fully saturated rings. The SMILES string of the molecule is CCCCCCCCCCCCCCCCCC(=O)OCC(COP(=O)(O)OCCNC(=O)OCCNC(=O)CCCC[C@@H]1SC[C@@H]2NC(=O)N[C@@H]21)OC(=O)CCCCCCCCCCCCCCCCC. The third-order valence-electron chi connectivity index (χ3n) is 13.5. The average Bonchev–Trinajstić information content (AvgIpc) is 3.92. The van der Waals surface area contributed by atoms with Crippen molar-refractivity contribution in [2.75, 3.05) is 45.3 Å². The van der Waals surface area contributed by atoms with Crippen molar-refractivity contribution in [2.45, 2.75) is 268 Å². The molecule has 0 aromatic carbocycles. The van der Waals surface area contributed by atoms with Gasteiger partial charge in [0.1, 0.15) is 13.2 Å². The van der Waals surface area contributed by atoms with Crippen molar-refractivity contribution in [1.82, 2.24) is 21.3 Å². The first-order valence-corrected chi connectivity index (χ1v) is 31.4. The molecule has 2 rings (SSSR count). The van der Waals surface area contributed by atoms with Gasteiger partial charge < -0.3 is 40.4 Å². The lowest BCUT2D eigenvalue weighted by Crippen LogP contribution is -2.36. The average molecular weight is 1060 g/mol. The van der Waals surface area contributed by atoms with E-state index >= 15 is 0 Å². The normalized spacial score (nSPS) is 17.4. The Morgan fingerprint density at radius 1 is 0.583 bits per heavy atom. The summed E-state index contributed by atoms with van der Waals surface area (Å²) in [7, 11) is -4.65. The monoisotopic (exact) mass is 1060 g/mol. The van der Waals surface area contributed by atoms with E-state index in [-0.39, 0.29) is 69.8 Å². The number of unbranched alkanes of at least 4 members (excludes halogenated alkanes) is 29. The van der Waals surface area contributed by atoms with Gasteiger partial charge in [0, 0.05) is 36.8 Å². The number of phosphoric acid groups is 1. The summed E-state index contributed by atoms with van der Waals surface area (Å²) in [4.78, 5) is 71.8.